The van der Waals surface area contributed by atoms with Gasteiger partial charge in [-0.2, -0.15) is 0 Å². The minimum absolute atomic E-state index is 0.261. The molecule has 0 bridgehead atoms. The van der Waals surface area contributed by atoms with E-state index < -0.39 is 5.41 Å². The van der Waals surface area contributed by atoms with Gasteiger partial charge >= 0.3 is 5.97 Å². The zero-order valence-electron chi connectivity index (χ0n) is 11.3. The standard InChI is InChI=1S/C16H19NO2/c1-16(11-17,15(18)19-2)10-13-8-5-7-12-6-3-4-9-14(12)13/h3-9H,10-11,17H2,1-2H3. The Morgan fingerprint density at radius 2 is 1.89 bits per heavy atom. The zero-order valence-corrected chi connectivity index (χ0v) is 11.3. The molecule has 3 nitrogen and oxygen atoms in total. The number of methoxy groups -OCH3 is 1. The van der Waals surface area contributed by atoms with Crippen molar-refractivity contribution in [3.8, 4) is 0 Å². The Morgan fingerprint density at radius 3 is 2.58 bits per heavy atom. The highest BCUT2D eigenvalue weighted by molar-refractivity contribution is 5.86. The van der Waals surface area contributed by atoms with E-state index in [2.05, 4.69) is 18.2 Å². The Kier molecular flexibility index (Phi) is 3.86. The second-order valence-corrected chi connectivity index (χ2v) is 5.07. The largest absolute Gasteiger partial charge is 0.469 e. The summed E-state index contributed by atoms with van der Waals surface area (Å²) in [4.78, 5) is 11.9. The lowest BCUT2D eigenvalue weighted by molar-refractivity contribution is -0.151. The molecule has 0 amide bonds. The molecule has 2 aromatic carbocycles. The lowest BCUT2D eigenvalue weighted by Crippen LogP contribution is -2.38. The quantitative estimate of drug-likeness (QED) is 0.856. The van der Waals surface area contributed by atoms with Gasteiger partial charge in [0.1, 0.15) is 0 Å². The lowest BCUT2D eigenvalue weighted by atomic mass is 9.82. The van der Waals surface area contributed by atoms with E-state index in [9.17, 15) is 4.79 Å². The summed E-state index contributed by atoms with van der Waals surface area (Å²) >= 11 is 0. The molecule has 0 aliphatic carbocycles. The number of ether oxygens (including phenoxy) is 1. The number of nitrogens with two attached hydrogens (primary N) is 1. The number of hydrogen-bond acceptors (Lipinski definition) is 3. The molecule has 0 saturated heterocycles. The van der Waals surface area contributed by atoms with Crippen LogP contribution < -0.4 is 5.73 Å². The van der Waals surface area contributed by atoms with Crippen molar-refractivity contribution in [3.63, 3.8) is 0 Å². The van der Waals surface area contributed by atoms with E-state index in [0.717, 1.165) is 10.9 Å². The average Bonchev–Trinajstić information content (AvgIpc) is 2.46. The SMILES string of the molecule is COC(=O)C(C)(CN)Cc1cccc2ccccc12. The molecule has 0 spiro atoms. The molecule has 100 valence electrons. The number of benzene rings is 2. The van der Waals surface area contributed by atoms with Crippen molar-refractivity contribution < 1.29 is 9.53 Å². The minimum atomic E-state index is -0.682. The van der Waals surface area contributed by atoms with Crippen molar-refractivity contribution in [1.29, 1.82) is 0 Å². The van der Waals surface area contributed by atoms with Crippen LogP contribution >= 0.6 is 0 Å². The van der Waals surface area contributed by atoms with Crippen LogP contribution in [0.25, 0.3) is 10.8 Å². The Labute approximate surface area is 113 Å². The van der Waals surface area contributed by atoms with Crippen LogP contribution in [0.2, 0.25) is 0 Å². The van der Waals surface area contributed by atoms with Crippen molar-refractivity contribution in [3.05, 3.63) is 48.0 Å². The van der Waals surface area contributed by atoms with Gasteiger partial charge in [0.05, 0.1) is 12.5 Å². The molecule has 0 aliphatic heterocycles. The van der Waals surface area contributed by atoms with Crippen molar-refractivity contribution in [2.75, 3.05) is 13.7 Å². The molecule has 0 saturated carbocycles. The maximum atomic E-state index is 11.9. The fourth-order valence-electron chi connectivity index (χ4n) is 2.34. The van der Waals surface area contributed by atoms with Gasteiger partial charge in [-0.25, -0.2) is 0 Å². The maximum absolute atomic E-state index is 11.9. The summed E-state index contributed by atoms with van der Waals surface area (Å²) in [6.07, 6.45) is 0.581. The highest BCUT2D eigenvalue weighted by atomic mass is 16.5. The van der Waals surface area contributed by atoms with Crippen molar-refractivity contribution in [1.82, 2.24) is 0 Å². The molecule has 1 unspecified atom stereocenters. The second kappa shape index (κ2) is 5.41. The highest BCUT2D eigenvalue weighted by Crippen LogP contribution is 2.27. The second-order valence-electron chi connectivity index (χ2n) is 5.07. The van der Waals surface area contributed by atoms with Crippen LogP contribution in [-0.4, -0.2) is 19.6 Å². The topological polar surface area (TPSA) is 52.3 Å². The van der Waals surface area contributed by atoms with Crippen LogP contribution in [0.5, 0.6) is 0 Å². The Bertz CT molecular complexity index is 589. The average molecular weight is 257 g/mol. The third-order valence-electron chi connectivity index (χ3n) is 3.59. The molecule has 2 rings (SSSR count). The van der Waals surface area contributed by atoms with E-state index in [0.29, 0.717) is 6.42 Å². The fourth-order valence-corrected chi connectivity index (χ4v) is 2.34. The van der Waals surface area contributed by atoms with Crippen LogP contribution in [0.15, 0.2) is 42.5 Å². The van der Waals surface area contributed by atoms with Gasteiger partial charge in [-0.05, 0) is 29.7 Å². The van der Waals surface area contributed by atoms with E-state index in [4.69, 9.17) is 10.5 Å². The highest BCUT2D eigenvalue weighted by Gasteiger charge is 2.33. The van der Waals surface area contributed by atoms with Crippen molar-refractivity contribution >= 4 is 16.7 Å². The van der Waals surface area contributed by atoms with E-state index >= 15 is 0 Å². The van der Waals surface area contributed by atoms with Gasteiger partial charge in [0.25, 0.3) is 0 Å². The first-order chi connectivity index (χ1) is 9.10. The summed E-state index contributed by atoms with van der Waals surface area (Å²) in [6, 6.07) is 14.3. The lowest BCUT2D eigenvalue weighted by Gasteiger charge is -2.25. The van der Waals surface area contributed by atoms with E-state index in [1.54, 1.807) is 0 Å². The third-order valence-corrected chi connectivity index (χ3v) is 3.59. The predicted octanol–water partition coefficient (Wildman–Crippen LogP) is 2.52. The van der Waals surface area contributed by atoms with Crippen LogP contribution in [0, 0.1) is 5.41 Å². The number of hydrogen-bond donors (Lipinski definition) is 1. The molecule has 2 aromatic rings. The van der Waals surface area contributed by atoms with Crippen LogP contribution in [0.1, 0.15) is 12.5 Å². The van der Waals surface area contributed by atoms with E-state index in [-0.39, 0.29) is 12.5 Å². The molecular weight excluding hydrogens is 238 g/mol. The summed E-state index contributed by atoms with van der Waals surface area (Å²) in [5, 5.41) is 2.33. The molecule has 2 N–H and O–H groups in total. The maximum Gasteiger partial charge on any atom is 0.313 e. The monoisotopic (exact) mass is 257 g/mol. The Hall–Kier alpha value is -1.87. The number of rotatable bonds is 4. The number of esters is 1. The van der Waals surface area contributed by atoms with Gasteiger partial charge in [-0.15, -0.1) is 0 Å². The van der Waals surface area contributed by atoms with Gasteiger partial charge in [-0.3, -0.25) is 4.79 Å². The molecule has 19 heavy (non-hydrogen) atoms. The summed E-state index contributed by atoms with van der Waals surface area (Å²) < 4.78 is 4.87. The predicted molar refractivity (Wildman–Crippen MR) is 76.8 cm³/mol. The van der Waals surface area contributed by atoms with E-state index in [1.165, 1.54) is 12.5 Å². The van der Waals surface area contributed by atoms with Crippen LogP contribution in [0.4, 0.5) is 0 Å². The Morgan fingerprint density at radius 1 is 1.21 bits per heavy atom. The normalized spacial score (nSPS) is 14.1. The van der Waals surface area contributed by atoms with Gasteiger partial charge in [0.15, 0.2) is 0 Å². The number of carbonyl (C=O) groups excluding carboxylic acids is 1. The first-order valence-electron chi connectivity index (χ1n) is 6.36. The summed E-state index contributed by atoms with van der Waals surface area (Å²) in [5.74, 6) is -0.261. The molecule has 3 heteroatoms. The zero-order chi connectivity index (χ0) is 13.9. The third kappa shape index (κ3) is 2.61. The van der Waals surface area contributed by atoms with Gasteiger partial charge in [0.2, 0.25) is 0 Å². The molecular formula is C16H19NO2. The van der Waals surface area contributed by atoms with Crippen molar-refractivity contribution in [2.24, 2.45) is 11.1 Å². The summed E-state index contributed by atoms with van der Waals surface area (Å²) in [5.41, 5.74) is 6.21. The molecule has 0 aromatic heterocycles. The van der Waals surface area contributed by atoms with Crippen LogP contribution in [-0.2, 0) is 16.0 Å². The fraction of sp³-hybridized carbons (Fsp3) is 0.312. The summed E-state index contributed by atoms with van der Waals surface area (Å²) in [6.45, 7) is 2.11. The Balaban J connectivity index is 2.43. The van der Waals surface area contributed by atoms with Gasteiger partial charge < -0.3 is 10.5 Å². The van der Waals surface area contributed by atoms with Gasteiger partial charge in [0, 0.05) is 6.54 Å². The molecule has 0 fully saturated rings. The van der Waals surface area contributed by atoms with E-state index in [1.807, 2.05) is 31.2 Å². The molecule has 0 heterocycles. The molecule has 0 aliphatic rings. The number of fused-ring (bicyclic) bond motifs is 1. The minimum Gasteiger partial charge on any atom is -0.469 e. The smallest absolute Gasteiger partial charge is 0.313 e. The van der Waals surface area contributed by atoms with Gasteiger partial charge in [-0.1, -0.05) is 42.5 Å². The van der Waals surface area contributed by atoms with Crippen molar-refractivity contribution in [2.45, 2.75) is 13.3 Å². The number of carbonyl (C=O) groups is 1. The molecule has 0 radical (unpaired) electrons. The summed E-state index contributed by atoms with van der Waals surface area (Å²) in [7, 11) is 1.40. The first-order valence-corrected chi connectivity index (χ1v) is 6.36. The van der Waals surface area contributed by atoms with Crippen LogP contribution in [0.3, 0.4) is 0 Å². The first kappa shape index (κ1) is 13.6. The molecule has 1 atom stereocenters.